The van der Waals surface area contributed by atoms with E-state index in [1.54, 1.807) is 6.92 Å². The molecular formula is C12H25NO3. The molecule has 0 heterocycles. The van der Waals surface area contributed by atoms with Crippen LogP contribution in [0.1, 0.15) is 40.0 Å². The van der Waals surface area contributed by atoms with E-state index in [0.717, 1.165) is 6.42 Å². The molecule has 4 heteroatoms. The maximum Gasteiger partial charge on any atom is 0.313 e. The molecule has 0 bridgehead atoms. The molecule has 0 aromatic rings. The first kappa shape index (κ1) is 15.4. The van der Waals surface area contributed by atoms with E-state index < -0.39 is 5.41 Å². The Morgan fingerprint density at radius 1 is 1.50 bits per heavy atom. The third-order valence-electron chi connectivity index (χ3n) is 2.88. The van der Waals surface area contributed by atoms with Gasteiger partial charge in [0.2, 0.25) is 0 Å². The van der Waals surface area contributed by atoms with E-state index in [9.17, 15) is 4.79 Å². The number of carbonyl (C=O) groups excluding carboxylic acids is 1. The Hall–Kier alpha value is -0.610. The summed E-state index contributed by atoms with van der Waals surface area (Å²) in [5.41, 5.74) is 5.13. The van der Waals surface area contributed by atoms with Gasteiger partial charge in [-0.15, -0.1) is 0 Å². The van der Waals surface area contributed by atoms with Crippen molar-refractivity contribution in [2.45, 2.75) is 40.0 Å². The van der Waals surface area contributed by atoms with Gasteiger partial charge in [0, 0.05) is 13.2 Å². The molecular weight excluding hydrogens is 206 g/mol. The van der Waals surface area contributed by atoms with E-state index in [2.05, 4.69) is 0 Å². The van der Waals surface area contributed by atoms with Gasteiger partial charge in [0.25, 0.3) is 0 Å². The van der Waals surface area contributed by atoms with E-state index in [1.165, 1.54) is 0 Å². The molecule has 0 radical (unpaired) electrons. The second-order valence-electron chi connectivity index (χ2n) is 4.45. The summed E-state index contributed by atoms with van der Waals surface area (Å²) >= 11 is 0. The largest absolute Gasteiger partial charge is 0.466 e. The minimum absolute atomic E-state index is 0.0690. The Kier molecular flexibility index (Phi) is 7.34. The molecule has 16 heavy (non-hydrogen) atoms. The Bertz CT molecular complexity index is 208. The molecule has 0 aliphatic heterocycles. The third-order valence-corrected chi connectivity index (χ3v) is 2.88. The zero-order chi connectivity index (χ0) is 12.6. The number of carbonyl (C=O) groups is 1. The molecule has 0 aliphatic rings. The topological polar surface area (TPSA) is 72.5 Å². The normalized spacial score (nSPS) is 16.6. The zero-order valence-corrected chi connectivity index (χ0v) is 10.7. The fraction of sp³-hybridized carbons (Fsp3) is 0.917. The Morgan fingerprint density at radius 3 is 2.50 bits per heavy atom. The first-order valence-electron chi connectivity index (χ1n) is 6.04. The smallest absolute Gasteiger partial charge is 0.313 e. The van der Waals surface area contributed by atoms with Gasteiger partial charge in [0.15, 0.2) is 0 Å². The molecule has 2 atom stereocenters. The van der Waals surface area contributed by atoms with Crippen LogP contribution in [0.5, 0.6) is 0 Å². The van der Waals surface area contributed by atoms with Crippen LogP contribution in [0.15, 0.2) is 0 Å². The van der Waals surface area contributed by atoms with Crippen molar-refractivity contribution in [2.75, 3.05) is 19.8 Å². The minimum Gasteiger partial charge on any atom is -0.466 e. The number of aliphatic hydroxyl groups is 1. The highest BCUT2D eigenvalue weighted by atomic mass is 16.5. The summed E-state index contributed by atoms with van der Waals surface area (Å²) in [7, 11) is 0. The summed E-state index contributed by atoms with van der Waals surface area (Å²) < 4.78 is 5.10. The maximum atomic E-state index is 12.0. The van der Waals surface area contributed by atoms with Crippen LogP contribution < -0.4 is 5.73 Å². The van der Waals surface area contributed by atoms with Crippen molar-refractivity contribution in [3.63, 3.8) is 0 Å². The van der Waals surface area contributed by atoms with Gasteiger partial charge >= 0.3 is 5.97 Å². The molecule has 4 nitrogen and oxygen atoms in total. The van der Waals surface area contributed by atoms with Gasteiger partial charge in [-0.25, -0.2) is 0 Å². The molecule has 0 aromatic carbocycles. The molecule has 0 aromatic heterocycles. The first-order chi connectivity index (χ1) is 7.56. The van der Waals surface area contributed by atoms with Crippen molar-refractivity contribution in [1.29, 1.82) is 0 Å². The Labute approximate surface area is 98.2 Å². The lowest BCUT2D eigenvalue weighted by atomic mass is 9.76. The second-order valence-corrected chi connectivity index (χ2v) is 4.45. The van der Waals surface area contributed by atoms with Gasteiger partial charge in [-0.3, -0.25) is 4.79 Å². The van der Waals surface area contributed by atoms with E-state index in [-0.39, 0.29) is 25.0 Å². The predicted molar refractivity (Wildman–Crippen MR) is 63.9 cm³/mol. The number of hydrogen-bond acceptors (Lipinski definition) is 4. The van der Waals surface area contributed by atoms with Gasteiger partial charge in [-0.05, 0) is 25.7 Å². The van der Waals surface area contributed by atoms with E-state index in [0.29, 0.717) is 19.4 Å². The number of aliphatic hydroxyl groups excluding tert-OH is 1. The fourth-order valence-corrected chi connectivity index (χ4v) is 2.05. The molecule has 3 N–H and O–H groups in total. The molecule has 2 unspecified atom stereocenters. The van der Waals surface area contributed by atoms with Crippen LogP contribution in [-0.2, 0) is 9.53 Å². The van der Waals surface area contributed by atoms with Crippen LogP contribution in [0.2, 0.25) is 0 Å². The average molecular weight is 231 g/mol. The molecule has 0 saturated heterocycles. The quantitative estimate of drug-likeness (QED) is 0.618. The van der Waals surface area contributed by atoms with Crippen LogP contribution in [0.25, 0.3) is 0 Å². The number of ether oxygens (including phenoxy) is 1. The number of nitrogens with two attached hydrogens (primary N) is 1. The minimum atomic E-state index is -0.618. The molecule has 0 fully saturated rings. The van der Waals surface area contributed by atoms with E-state index >= 15 is 0 Å². The Morgan fingerprint density at radius 2 is 2.12 bits per heavy atom. The summed E-state index contributed by atoms with van der Waals surface area (Å²) in [5.74, 6) is -0.154. The molecule has 0 rings (SSSR count). The summed E-state index contributed by atoms with van der Waals surface area (Å²) in [4.78, 5) is 12.0. The van der Waals surface area contributed by atoms with Crippen LogP contribution >= 0.6 is 0 Å². The lowest BCUT2D eigenvalue weighted by molar-refractivity contribution is -0.156. The third kappa shape index (κ3) is 4.10. The maximum absolute atomic E-state index is 12.0. The van der Waals surface area contributed by atoms with Crippen LogP contribution in [0.3, 0.4) is 0 Å². The van der Waals surface area contributed by atoms with Crippen LogP contribution in [-0.4, -0.2) is 30.8 Å². The molecule has 96 valence electrons. The fourth-order valence-electron chi connectivity index (χ4n) is 2.05. The lowest BCUT2D eigenvalue weighted by Gasteiger charge is -2.31. The highest BCUT2D eigenvalue weighted by Gasteiger charge is 2.38. The van der Waals surface area contributed by atoms with Crippen LogP contribution in [0, 0.1) is 11.3 Å². The standard InChI is InChI=1S/C12H25NO3/c1-4-6-12(9-13,7-10(3)8-14)11(15)16-5-2/h10,14H,4-9,13H2,1-3H3. The van der Waals surface area contributed by atoms with Crippen molar-refractivity contribution in [3.05, 3.63) is 0 Å². The average Bonchev–Trinajstić information content (AvgIpc) is 2.28. The molecule has 0 saturated carbocycles. The second kappa shape index (κ2) is 7.63. The van der Waals surface area contributed by atoms with Gasteiger partial charge in [0.05, 0.1) is 12.0 Å². The lowest BCUT2D eigenvalue weighted by Crippen LogP contribution is -2.41. The van der Waals surface area contributed by atoms with Crippen molar-refractivity contribution in [3.8, 4) is 0 Å². The summed E-state index contributed by atoms with van der Waals surface area (Å²) in [6.45, 7) is 6.46. The Balaban J connectivity index is 4.75. The van der Waals surface area contributed by atoms with E-state index in [1.807, 2.05) is 13.8 Å². The van der Waals surface area contributed by atoms with Gasteiger partial charge in [-0.2, -0.15) is 0 Å². The SMILES string of the molecule is CCCC(CN)(CC(C)CO)C(=O)OCC. The summed E-state index contributed by atoms with van der Waals surface area (Å²) in [5, 5.41) is 9.08. The monoisotopic (exact) mass is 231 g/mol. The molecule has 0 spiro atoms. The van der Waals surface area contributed by atoms with Crippen molar-refractivity contribution < 1.29 is 14.6 Å². The first-order valence-corrected chi connectivity index (χ1v) is 6.04. The van der Waals surface area contributed by atoms with Crippen molar-refractivity contribution in [1.82, 2.24) is 0 Å². The number of rotatable bonds is 8. The molecule has 0 amide bonds. The van der Waals surface area contributed by atoms with Crippen molar-refractivity contribution >= 4 is 5.97 Å². The number of hydrogen-bond donors (Lipinski definition) is 2. The highest BCUT2D eigenvalue weighted by Crippen LogP contribution is 2.32. The predicted octanol–water partition coefficient (Wildman–Crippen LogP) is 1.31. The van der Waals surface area contributed by atoms with Crippen LogP contribution in [0.4, 0.5) is 0 Å². The summed E-state index contributed by atoms with van der Waals surface area (Å²) in [6.07, 6.45) is 2.19. The van der Waals surface area contributed by atoms with Gasteiger partial charge in [0.1, 0.15) is 0 Å². The van der Waals surface area contributed by atoms with Crippen molar-refractivity contribution in [2.24, 2.45) is 17.1 Å². The number of esters is 1. The zero-order valence-electron chi connectivity index (χ0n) is 10.7. The molecule has 0 aliphatic carbocycles. The van der Waals surface area contributed by atoms with E-state index in [4.69, 9.17) is 15.6 Å². The van der Waals surface area contributed by atoms with Gasteiger partial charge < -0.3 is 15.6 Å². The van der Waals surface area contributed by atoms with Gasteiger partial charge in [-0.1, -0.05) is 20.3 Å². The summed E-state index contributed by atoms with van der Waals surface area (Å²) in [6, 6.07) is 0. The highest BCUT2D eigenvalue weighted by molar-refractivity contribution is 5.77.